The van der Waals surface area contributed by atoms with E-state index >= 15 is 0 Å². The van der Waals surface area contributed by atoms with Gasteiger partial charge in [0.2, 0.25) is 0 Å². The van der Waals surface area contributed by atoms with E-state index in [4.69, 9.17) is 5.73 Å². The standard InChI is InChI=1S/C14H18N4O2/c1-17(2)9-11-12(15)18(14(20)16-13(11)19)8-10-6-4-3-5-7-10/h3-7H,8-9,15H2,1-2H3,(H,16,19,20). The monoisotopic (exact) mass is 274 g/mol. The van der Waals surface area contributed by atoms with E-state index in [1.807, 2.05) is 49.3 Å². The fourth-order valence-corrected chi connectivity index (χ4v) is 2.02. The van der Waals surface area contributed by atoms with Gasteiger partial charge in [-0.2, -0.15) is 0 Å². The molecule has 20 heavy (non-hydrogen) atoms. The Hall–Kier alpha value is -2.34. The lowest BCUT2D eigenvalue weighted by atomic mass is 10.2. The number of nitrogens with zero attached hydrogens (tertiary/aromatic N) is 2. The maximum atomic E-state index is 11.9. The van der Waals surface area contributed by atoms with Crippen molar-refractivity contribution in [1.29, 1.82) is 0 Å². The van der Waals surface area contributed by atoms with Crippen LogP contribution in [0.1, 0.15) is 11.1 Å². The summed E-state index contributed by atoms with van der Waals surface area (Å²) >= 11 is 0. The highest BCUT2D eigenvalue weighted by Crippen LogP contribution is 2.09. The number of rotatable bonds is 4. The molecule has 0 saturated heterocycles. The molecule has 3 N–H and O–H groups in total. The lowest BCUT2D eigenvalue weighted by molar-refractivity contribution is 0.399. The molecule has 0 atom stereocenters. The van der Waals surface area contributed by atoms with E-state index in [0.717, 1.165) is 5.56 Å². The molecular weight excluding hydrogens is 256 g/mol. The first-order valence-electron chi connectivity index (χ1n) is 6.29. The molecule has 2 rings (SSSR count). The molecule has 0 bridgehead atoms. The smallest absolute Gasteiger partial charge is 0.330 e. The normalized spacial score (nSPS) is 10.9. The molecule has 0 aliphatic heterocycles. The number of hydrogen-bond acceptors (Lipinski definition) is 4. The Morgan fingerprint density at radius 1 is 1.20 bits per heavy atom. The van der Waals surface area contributed by atoms with Crippen LogP contribution < -0.4 is 17.0 Å². The predicted octanol–water partition coefficient (Wildman–Crippen LogP) is 0.229. The van der Waals surface area contributed by atoms with Crippen molar-refractivity contribution in [3.8, 4) is 0 Å². The van der Waals surface area contributed by atoms with E-state index in [2.05, 4.69) is 4.98 Å². The molecule has 0 aliphatic rings. The van der Waals surface area contributed by atoms with Gasteiger partial charge in [0.1, 0.15) is 5.82 Å². The zero-order valence-corrected chi connectivity index (χ0v) is 11.6. The predicted molar refractivity (Wildman–Crippen MR) is 78.7 cm³/mol. The second-order valence-corrected chi connectivity index (χ2v) is 4.93. The van der Waals surface area contributed by atoms with Gasteiger partial charge in [0.05, 0.1) is 12.1 Å². The van der Waals surface area contributed by atoms with Crippen LogP contribution in [0.15, 0.2) is 39.9 Å². The van der Waals surface area contributed by atoms with E-state index in [0.29, 0.717) is 18.7 Å². The third kappa shape index (κ3) is 2.97. The van der Waals surface area contributed by atoms with Gasteiger partial charge < -0.3 is 10.6 Å². The first-order valence-corrected chi connectivity index (χ1v) is 6.29. The number of hydrogen-bond donors (Lipinski definition) is 2. The molecule has 1 heterocycles. The van der Waals surface area contributed by atoms with E-state index in [1.54, 1.807) is 0 Å². The lowest BCUT2D eigenvalue weighted by Crippen LogP contribution is -2.36. The molecule has 0 spiro atoms. The van der Waals surface area contributed by atoms with Gasteiger partial charge in [-0.1, -0.05) is 30.3 Å². The molecule has 6 heteroatoms. The lowest BCUT2D eigenvalue weighted by Gasteiger charge is -2.15. The second kappa shape index (κ2) is 5.75. The summed E-state index contributed by atoms with van der Waals surface area (Å²) in [6.07, 6.45) is 0. The highest BCUT2D eigenvalue weighted by Gasteiger charge is 2.13. The molecular formula is C14H18N4O2. The molecule has 0 saturated carbocycles. The molecule has 1 aromatic heterocycles. The van der Waals surface area contributed by atoms with E-state index in [1.165, 1.54) is 4.57 Å². The quantitative estimate of drug-likeness (QED) is 0.836. The van der Waals surface area contributed by atoms with Gasteiger partial charge in [-0.05, 0) is 19.7 Å². The number of anilines is 1. The van der Waals surface area contributed by atoms with Gasteiger partial charge >= 0.3 is 5.69 Å². The van der Waals surface area contributed by atoms with Gasteiger partial charge in [-0.25, -0.2) is 4.79 Å². The highest BCUT2D eigenvalue weighted by atomic mass is 16.2. The number of H-pyrrole nitrogens is 1. The SMILES string of the molecule is CN(C)Cc1c(N)n(Cc2ccccc2)c(=O)[nH]c1=O. The number of aromatic nitrogens is 2. The topological polar surface area (TPSA) is 84.1 Å². The fraction of sp³-hybridized carbons (Fsp3) is 0.286. The minimum absolute atomic E-state index is 0.219. The maximum Gasteiger partial charge on any atom is 0.330 e. The summed E-state index contributed by atoms with van der Waals surface area (Å²) in [5.74, 6) is 0.219. The first-order chi connectivity index (χ1) is 9.49. The Morgan fingerprint density at radius 3 is 2.45 bits per heavy atom. The van der Waals surface area contributed by atoms with Crippen molar-refractivity contribution in [2.45, 2.75) is 13.1 Å². The van der Waals surface area contributed by atoms with Gasteiger partial charge in [0, 0.05) is 6.54 Å². The number of aromatic amines is 1. The third-order valence-electron chi connectivity index (χ3n) is 3.00. The van der Waals surface area contributed by atoms with Crippen LogP contribution in [0, 0.1) is 0 Å². The van der Waals surface area contributed by atoms with Gasteiger partial charge in [0.25, 0.3) is 5.56 Å². The Labute approximate surface area is 116 Å². The van der Waals surface area contributed by atoms with Gasteiger partial charge in [0.15, 0.2) is 0 Å². The van der Waals surface area contributed by atoms with Crippen molar-refractivity contribution < 1.29 is 0 Å². The van der Waals surface area contributed by atoms with E-state index < -0.39 is 11.2 Å². The third-order valence-corrected chi connectivity index (χ3v) is 3.00. The van der Waals surface area contributed by atoms with Crippen LogP contribution in [0.2, 0.25) is 0 Å². The van der Waals surface area contributed by atoms with Crippen molar-refractivity contribution in [1.82, 2.24) is 14.5 Å². The van der Waals surface area contributed by atoms with Crippen molar-refractivity contribution in [2.24, 2.45) is 0 Å². The van der Waals surface area contributed by atoms with Gasteiger partial charge in [-0.3, -0.25) is 14.3 Å². The van der Waals surface area contributed by atoms with E-state index in [-0.39, 0.29) is 5.82 Å². The molecule has 0 amide bonds. The highest BCUT2D eigenvalue weighted by molar-refractivity contribution is 5.39. The second-order valence-electron chi connectivity index (χ2n) is 4.93. The molecule has 0 radical (unpaired) electrons. The summed E-state index contributed by atoms with van der Waals surface area (Å²) in [5, 5.41) is 0. The van der Waals surface area contributed by atoms with Crippen molar-refractivity contribution in [3.05, 3.63) is 62.3 Å². The van der Waals surface area contributed by atoms with Crippen LogP contribution in [0.5, 0.6) is 0 Å². The zero-order valence-electron chi connectivity index (χ0n) is 11.6. The zero-order chi connectivity index (χ0) is 14.7. The van der Waals surface area contributed by atoms with E-state index in [9.17, 15) is 9.59 Å². The van der Waals surface area contributed by atoms with Crippen LogP contribution >= 0.6 is 0 Å². The summed E-state index contributed by atoms with van der Waals surface area (Å²) in [6, 6.07) is 9.50. The minimum Gasteiger partial charge on any atom is -0.385 e. The molecule has 0 unspecified atom stereocenters. The summed E-state index contributed by atoms with van der Waals surface area (Å²) in [4.78, 5) is 27.9. The molecule has 106 valence electrons. The van der Waals surface area contributed by atoms with Gasteiger partial charge in [-0.15, -0.1) is 0 Å². The maximum absolute atomic E-state index is 11.9. The minimum atomic E-state index is -0.487. The number of nitrogens with one attached hydrogen (secondary N) is 1. The number of nitrogens with two attached hydrogens (primary N) is 1. The fourth-order valence-electron chi connectivity index (χ4n) is 2.02. The van der Waals surface area contributed by atoms with Crippen molar-refractivity contribution >= 4 is 5.82 Å². The van der Waals surface area contributed by atoms with Crippen LogP contribution in [-0.2, 0) is 13.1 Å². The molecule has 6 nitrogen and oxygen atoms in total. The molecule has 0 aliphatic carbocycles. The number of nitrogen functional groups attached to an aromatic ring is 1. The van der Waals surface area contributed by atoms with Crippen LogP contribution in [-0.4, -0.2) is 28.5 Å². The summed E-state index contributed by atoms with van der Waals surface area (Å²) in [7, 11) is 3.68. The van der Waals surface area contributed by atoms with Crippen LogP contribution in [0.3, 0.4) is 0 Å². The van der Waals surface area contributed by atoms with Crippen molar-refractivity contribution in [3.63, 3.8) is 0 Å². The average Bonchev–Trinajstić information content (AvgIpc) is 2.40. The average molecular weight is 274 g/mol. The molecule has 0 fully saturated rings. The molecule has 2 aromatic rings. The summed E-state index contributed by atoms with van der Waals surface area (Å²) in [5.41, 5.74) is 6.44. The molecule has 1 aromatic carbocycles. The van der Waals surface area contributed by atoms with Crippen LogP contribution in [0.4, 0.5) is 5.82 Å². The van der Waals surface area contributed by atoms with Crippen molar-refractivity contribution in [2.75, 3.05) is 19.8 Å². The largest absolute Gasteiger partial charge is 0.385 e. The Balaban J connectivity index is 2.48. The summed E-state index contributed by atoms with van der Waals surface area (Å²) < 4.78 is 1.38. The Bertz CT molecular complexity index is 701. The summed E-state index contributed by atoms with van der Waals surface area (Å²) in [6.45, 7) is 0.721. The first kappa shape index (κ1) is 14.1. The van der Waals surface area contributed by atoms with Crippen LogP contribution in [0.25, 0.3) is 0 Å². The Morgan fingerprint density at radius 2 is 1.85 bits per heavy atom. The Kier molecular flexibility index (Phi) is 4.05. The number of benzene rings is 1.